The van der Waals surface area contributed by atoms with Crippen LogP contribution in [-0.2, 0) is 14.9 Å². The zero-order chi connectivity index (χ0) is 16.1. The van der Waals surface area contributed by atoms with Crippen molar-refractivity contribution in [1.82, 2.24) is 4.90 Å². The molecule has 22 heavy (non-hydrogen) atoms. The number of nitrogens with zero attached hydrogens (tertiary/aromatic N) is 1. The van der Waals surface area contributed by atoms with Crippen molar-refractivity contribution >= 4 is 17.7 Å². The lowest BCUT2D eigenvalue weighted by atomic mass is 9.80. The van der Waals surface area contributed by atoms with Crippen molar-refractivity contribution in [3.8, 4) is 0 Å². The lowest BCUT2D eigenvalue weighted by Gasteiger charge is -2.26. The molecule has 118 valence electrons. The predicted molar refractivity (Wildman–Crippen MR) is 79.1 cm³/mol. The molecule has 1 aromatic rings. The fourth-order valence-corrected chi connectivity index (χ4v) is 3.15. The zero-order valence-electron chi connectivity index (χ0n) is 12.9. The van der Waals surface area contributed by atoms with Crippen LogP contribution in [0, 0.1) is 5.82 Å². The van der Waals surface area contributed by atoms with Crippen LogP contribution in [0.3, 0.4) is 0 Å². The summed E-state index contributed by atoms with van der Waals surface area (Å²) >= 11 is 0. The summed E-state index contributed by atoms with van der Waals surface area (Å²) in [7, 11) is 0. The molecule has 1 spiro atoms. The molecule has 1 N–H and O–H groups in total. The van der Waals surface area contributed by atoms with Crippen LogP contribution < -0.4 is 5.32 Å². The normalized spacial score (nSPS) is 23.6. The Hall–Kier alpha value is -2.11. The van der Waals surface area contributed by atoms with Gasteiger partial charge in [-0.1, -0.05) is 6.07 Å². The summed E-state index contributed by atoms with van der Waals surface area (Å²) in [6.45, 7) is 5.87. The lowest BCUT2D eigenvalue weighted by Crippen LogP contribution is -2.41. The Morgan fingerprint density at radius 1 is 1.41 bits per heavy atom. The van der Waals surface area contributed by atoms with E-state index in [4.69, 9.17) is 4.74 Å². The van der Waals surface area contributed by atoms with E-state index in [-0.39, 0.29) is 12.5 Å². The Morgan fingerprint density at radius 2 is 2.14 bits per heavy atom. The monoisotopic (exact) mass is 306 g/mol. The number of anilines is 1. The Balaban J connectivity index is 1.89. The number of rotatable bonds is 0. The molecule has 1 aromatic carbocycles. The Bertz CT molecular complexity index is 653. The topological polar surface area (TPSA) is 58.6 Å². The fourth-order valence-electron chi connectivity index (χ4n) is 3.15. The molecule has 0 radical (unpaired) electrons. The molecule has 1 saturated heterocycles. The number of nitrogens with one attached hydrogen (secondary N) is 1. The molecule has 0 bridgehead atoms. The molecule has 0 aromatic heterocycles. The number of carbonyl (C=O) groups is 2. The van der Waals surface area contributed by atoms with Crippen molar-refractivity contribution in [2.24, 2.45) is 0 Å². The third-order valence-corrected chi connectivity index (χ3v) is 4.10. The van der Waals surface area contributed by atoms with Gasteiger partial charge in [-0.15, -0.1) is 0 Å². The van der Waals surface area contributed by atoms with Gasteiger partial charge >= 0.3 is 6.09 Å². The maximum absolute atomic E-state index is 14.2. The summed E-state index contributed by atoms with van der Waals surface area (Å²) < 4.78 is 19.6. The number of carbonyl (C=O) groups excluding carboxylic acids is 2. The minimum Gasteiger partial charge on any atom is -0.444 e. The highest BCUT2D eigenvalue weighted by molar-refractivity contribution is 6.07. The number of likely N-dealkylation sites (tertiary alicyclic amines) is 1. The van der Waals surface area contributed by atoms with Crippen LogP contribution in [-0.4, -0.2) is 35.6 Å². The largest absolute Gasteiger partial charge is 0.444 e. The molecular weight excluding hydrogens is 287 g/mol. The summed E-state index contributed by atoms with van der Waals surface area (Å²) in [6.07, 6.45) is -0.0756. The highest BCUT2D eigenvalue weighted by Crippen LogP contribution is 2.45. The van der Waals surface area contributed by atoms with E-state index in [0.717, 1.165) is 0 Å². The van der Waals surface area contributed by atoms with Gasteiger partial charge in [0.05, 0.1) is 5.41 Å². The quantitative estimate of drug-likeness (QED) is 0.801. The molecule has 1 fully saturated rings. The molecule has 5 nitrogen and oxygen atoms in total. The summed E-state index contributed by atoms with van der Waals surface area (Å²) in [4.78, 5) is 26.1. The standard InChI is InChI=1S/C16H19FN2O3/c1-15(2,3)22-14(21)19-8-7-16(9-19)12-10(17)5-4-6-11(12)18-13(16)20/h4-6H,7-9H2,1-3H3,(H,18,20)/t16-/m0/s1. The Kier molecular flexibility index (Phi) is 3.16. The highest BCUT2D eigenvalue weighted by Gasteiger charge is 2.54. The molecule has 0 saturated carbocycles. The Labute approximate surface area is 128 Å². The van der Waals surface area contributed by atoms with Crippen LogP contribution in [0.1, 0.15) is 32.8 Å². The molecule has 1 atom stereocenters. The Morgan fingerprint density at radius 3 is 2.82 bits per heavy atom. The van der Waals surface area contributed by atoms with Gasteiger partial charge in [-0.25, -0.2) is 9.18 Å². The van der Waals surface area contributed by atoms with Crippen LogP contribution in [0.25, 0.3) is 0 Å². The minimum absolute atomic E-state index is 0.141. The zero-order valence-corrected chi connectivity index (χ0v) is 12.9. The maximum atomic E-state index is 14.2. The first-order valence-corrected chi connectivity index (χ1v) is 7.31. The first kappa shape index (κ1) is 14.8. The molecule has 2 aliphatic rings. The number of hydrogen-bond donors (Lipinski definition) is 1. The van der Waals surface area contributed by atoms with Crippen LogP contribution >= 0.6 is 0 Å². The van der Waals surface area contributed by atoms with E-state index < -0.39 is 22.9 Å². The number of hydrogen-bond acceptors (Lipinski definition) is 3. The average Bonchev–Trinajstić information content (AvgIpc) is 2.93. The number of amides is 2. The fraction of sp³-hybridized carbons (Fsp3) is 0.500. The van der Waals surface area contributed by atoms with Gasteiger partial charge in [-0.2, -0.15) is 0 Å². The smallest absolute Gasteiger partial charge is 0.410 e. The highest BCUT2D eigenvalue weighted by atomic mass is 19.1. The number of benzene rings is 1. The lowest BCUT2D eigenvalue weighted by molar-refractivity contribution is -0.120. The van der Waals surface area contributed by atoms with Gasteiger partial charge in [0, 0.05) is 24.3 Å². The summed E-state index contributed by atoms with van der Waals surface area (Å²) in [5.41, 5.74) is -0.743. The second-order valence-corrected chi connectivity index (χ2v) is 6.85. The van der Waals surface area contributed by atoms with Crippen LogP contribution in [0.15, 0.2) is 18.2 Å². The van der Waals surface area contributed by atoms with Gasteiger partial charge in [-0.05, 0) is 39.3 Å². The van der Waals surface area contributed by atoms with E-state index in [0.29, 0.717) is 24.2 Å². The van der Waals surface area contributed by atoms with Crippen molar-refractivity contribution < 1.29 is 18.7 Å². The van der Waals surface area contributed by atoms with E-state index in [1.54, 1.807) is 32.9 Å². The van der Waals surface area contributed by atoms with Crippen molar-refractivity contribution in [2.45, 2.75) is 38.2 Å². The van der Waals surface area contributed by atoms with Crippen LogP contribution in [0.2, 0.25) is 0 Å². The van der Waals surface area contributed by atoms with Crippen molar-refractivity contribution in [2.75, 3.05) is 18.4 Å². The number of ether oxygens (including phenoxy) is 1. The number of fused-ring (bicyclic) bond motifs is 2. The second kappa shape index (κ2) is 4.69. The number of halogens is 1. The van der Waals surface area contributed by atoms with E-state index >= 15 is 0 Å². The summed E-state index contributed by atoms with van der Waals surface area (Å²) in [6, 6.07) is 4.59. The molecule has 0 aliphatic carbocycles. The average molecular weight is 306 g/mol. The van der Waals surface area contributed by atoms with Gasteiger partial charge in [-0.3, -0.25) is 4.79 Å². The van der Waals surface area contributed by atoms with Crippen LogP contribution in [0.4, 0.5) is 14.9 Å². The van der Waals surface area contributed by atoms with Gasteiger partial charge in [0.1, 0.15) is 11.4 Å². The van der Waals surface area contributed by atoms with Crippen molar-refractivity contribution in [1.29, 1.82) is 0 Å². The van der Waals surface area contributed by atoms with Gasteiger partial charge in [0.2, 0.25) is 5.91 Å². The SMILES string of the molecule is CC(C)(C)OC(=O)N1CC[C@@]2(C1)C(=O)Nc1cccc(F)c12. The maximum Gasteiger partial charge on any atom is 0.410 e. The first-order valence-electron chi connectivity index (χ1n) is 7.31. The third-order valence-electron chi connectivity index (χ3n) is 4.10. The molecule has 2 heterocycles. The molecule has 3 rings (SSSR count). The van der Waals surface area contributed by atoms with Crippen molar-refractivity contribution in [3.05, 3.63) is 29.6 Å². The third kappa shape index (κ3) is 2.23. The van der Waals surface area contributed by atoms with Gasteiger partial charge < -0.3 is 15.0 Å². The first-order chi connectivity index (χ1) is 10.2. The molecule has 0 unspecified atom stereocenters. The molecular formula is C16H19FN2O3. The summed E-state index contributed by atoms with van der Waals surface area (Å²) in [5, 5.41) is 2.72. The van der Waals surface area contributed by atoms with E-state index in [1.807, 2.05) is 0 Å². The van der Waals surface area contributed by atoms with Gasteiger partial charge in [0.25, 0.3) is 0 Å². The second-order valence-electron chi connectivity index (χ2n) is 6.85. The van der Waals surface area contributed by atoms with E-state index in [2.05, 4.69) is 5.32 Å². The summed E-state index contributed by atoms with van der Waals surface area (Å²) in [5.74, 6) is -0.666. The van der Waals surface area contributed by atoms with Crippen molar-refractivity contribution in [3.63, 3.8) is 0 Å². The molecule has 6 heteroatoms. The van der Waals surface area contributed by atoms with E-state index in [1.165, 1.54) is 11.0 Å². The molecule has 2 amide bonds. The predicted octanol–water partition coefficient (Wildman–Crippen LogP) is 2.66. The molecule has 2 aliphatic heterocycles. The van der Waals surface area contributed by atoms with E-state index in [9.17, 15) is 14.0 Å². The van der Waals surface area contributed by atoms with Gasteiger partial charge in [0.15, 0.2) is 0 Å². The minimum atomic E-state index is -1.00. The van der Waals surface area contributed by atoms with Crippen LogP contribution in [0.5, 0.6) is 0 Å².